The summed E-state index contributed by atoms with van der Waals surface area (Å²) in [5, 5.41) is 10.1. The monoisotopic (exact) mass is 247 g/mol. The highest BCUT2D eigenvalue weighted by Crippen LogP contribution is 2.22. The smallest absolute Gasteiger partial charge is 0.189 e. The Labute approximate surface area is 84.1 Å². The predicted octanol–water partition coefficient (Wildman–Crippen LogP) is 3.06. The van der Waals surface area contributed by atoms with Gasteiger partial charge < -0.3 is 10.1 Å². The second-order valence-electron chi connectivity index (χ2n) is 2.39. The molecule has 1 aromatic carbocycles. The number of aromatic amines is 1. The Morgan fingerprint density at radius 1 is 1.25 bits per heavy atom. The third kappa shape index (κ3) is 1.57. The van der Waals surface area contributed by atoms with Crippen molar-refractivity contribution < 1.29 is 5.11 Å². The van der Waals surface area contributed by atoms with E-state index in [0.717, 1.165) is 15.4 Å². The molecule has 0 aliphatic rings. The van der Waals surface area contributed by atoms with Crippen LogP contribution in [0.1, 0.15) is 0 Å². The van der Waals surface area contributed by atoms with E-state index in [1.54, 1.807) is 6.07 Å². The molecule has 12 heavy (non-hydrogen) atoms. The largest absolute Gasteiger partial charge is 0.495 e. The number of aromatic nitrogens is 1. The maximum Gasteiger partial charge on any atom is 0.189 e. The highest BCUT2D eigenvalue weighted by atomic mass is 79.9. The summed E-state index contributed by atoms with van der Waals surface area (Å²) in [5.74, 6) is 0.207. The lowest BCUT2D eigenvalue weighted by atomic mass is 10.3. The maximum atomic E-state index is 9.08. The molecule has 2 N–H and O–H groups in total. The number of H-pyrrole nitrogens is 1. The van der Waals surface area contributed by atoms with Crippen molar-refractivity contribution in [3.63, 3.8) is 0 Å². The van der Waals surface area contributed by atoms with E-state index in [2.05, 4.69) is 20.9 Å². The zero-order valence-electron chi connectivity index (χ0n) is 6.04. The molecular formula is C8H7BrClNO. The van der Waals surface area contributed by atoms with Gasteiger partial charge in [0.1, 0.15) is 0 Å². The van der Waals surface area contributed by atoms with Crippen LogP contribution in [0.25, 0.3) is 10.9 Å². The molecule has 0 saturated carbocycles. The van der Waals surface area contributed by atoms with Crippen molar-refractivity contribution in [1.82, 2.24) is 4.98 Å². The van der Waals surface area contributed by atoms with Crippen LogP contribution in [0.3, 0.4) is 0 Å². The molecule has 2 nitrogen and oxygen atoms in total. The van der Waals surface area contributed by atoms with Crippen LogP contribution in [0, 0.1) is 0 Å². The van der Waals surface area contributed by atoms with Crippen LogP contribution >= 0.6 is 28.3 Å². The SMILES string of the molecule is Cl.Oc1cc2ccc(Br)cc2[nH]1. The number of hydrogen-bond donors (Lipinski definition) is 2. The Morgan fingerprint density at radius 3 is 2.75 bits per heavy atom. The zero-order chi connectivity index (χ0) is 7.84. The first kappa shape index (κ1) is 9.42. The van der Waals surface area contributed by atoms with Crippen molar-refractivity contribution in [1.29, 1.82) is 0 Å². The molecule has 2 aromatic rings. The molecule has 1 heterocycles. The van der Waals surface area contributed by atoms with Gasteiger partial charge in [-0.1, -0.05) is 22.0 Å². The van der Waals surface area contributed by atoms with Crippen LogP contribution in [0.5, 0.6) is 5.88 Å². The lowest BCUT2D eigenvalue weighted by Crippen LogP contribution is -1.66. The first-order chi connectivity index (χ1) is 5.25. The average molecular weight is 249 g/mol. The molecule has 0 aliphatic carbocycles. The van der Waals surface area contributed by atoms with E-state index in [1.807, 2.05) is 18.2 Å². The summed E-state index contributed by atoms with van der Waals surface area (Å²) in [5.41, 5.74) is 0.942. The Balaban J connectivity index is 0.000000720. The number of benzene rings is 1. The standard InChI is InChI=1S/C8H6BrNO.ClH/c9-6-2-1-5-3-8(11)10-7(5)4-6;/h1-4,10-11H;1H. The van der Waals surface area contributed by atoms with E-state index in [0.29, 0.717) is 0 Å². The molecule has 0 aliphatic heterocycles. The molecule has 2 rings (SSSR count). The summed E-state index contributed by atoms with van der Waals surface area (Å²) >= 11 is 3.34. The van der Waals surface area contributed by atoms with Gasteiger partial charge in [0.25, 0.3) is 0 Å². The van der Waals surface area contributed by atoms with E-state index < -0.39 is 0 Å². The molecule has 4 heteroatoms. The third-order valence-electron chi connectivity index (χ3n) is 1.57. The number of hydrogen-bond acceptors (Lipinski definition) is 1. The first-order valence-electron chi connectivity index (χ1n) is 3.23. The number of fused-ring (bicyclic) bond motifs is 1. The molecule has 0 atom stereocenters. The summed E-state index contributed by atoms with van der Waals surface area (Å²) in [4.78, 5) is 2.82. The summed E-state index contributed by atoms with van der Waals surface area (Å²) in [6.07, 6.45) is 0. The number of rotatable bonds is 0. The summed E-state index contributed by atoms with van der Waals surface area (Å²) in [6.45, 7) is 0. The zero-order valence-corrected chi connectivity index (χ0v) is 8.45. The van der Waals surface area contributed by atoms with Crippen LogP contribution in [-0.2, 0) is 0 Å². The van der Waals surface area contributed by atoms with Crippen molar-refractivity contribution in [3.05, 3.63) is 28.7 Å². The van der Waals surface area contributed by atoms with Crippen molar-refractivity contribution in [2.45, 2.75) is 0 Å². The highest BCUT2D eigenvalue weighted by molar-refractivity contribution is 9.10. The quantitative estimate of drug-likeness (QED) is 0.738. The van der Waals surface area contributed by atoms with Gasteiger partial charge in [0.2, 0.25) is 0 Å². The summed E-state index contributed by atoms with van der Waals surface area (Å²) in [6, 6.07) is 7.50. The topological polar surface area (TPSA) is 36.0 Å². The van der Waals surface area contributed by atoms with E-state index >= 15 is 0 Å². The van der Waals surface area contributed by atoms with Crippen LogP contribution < -0.4 is 0 Å². The second-order valence-corrected chi connectivity index (χ2v) is 3.30. The molecule has 0 spiro atoms. The molecule has 1 aromatic heterocycles. The minimum atomic E-state index is 0. The summed E-state index contributed by atoms with van der Waals surface area (Å²) < 4.78 is 1.01. The van der Waals surface area contributed by atoms with Gasteiger partial charge >= 0.3 is 0 Å². The highest BCUT2D eigenvalue weighted by Gasteiger charge is 1.97. The Bertz CT molecular complexity index is 399. The van der Waals surface area contributed by atoms with E-state index in [-0.39, 0.29) is 18.3 Å². The molecule has 0 bridgehead atoms. The van der Waals surface area contributed by atoms with E-state index in [9.17, 15) is 0 Å². The number of nitrogens with one attached hydrogen (secondary N) is 1. The third-order valence-corrected chi connectivity index (χ3v) is 2.06. The van der Waals surface area contributed by atoms with Gasteiger partial charge in [-0.2, -0.15) is 0 Å². The van der Waals surface area contributed by atoms with Crippen LogP contribution in [0.4, 0.5) is 0 Å². The Kier molecular flexibility index (Phi) is 2.65. The molecule has 0 saturated heterocycles. The first-order valence-corrected chi connectivity index (χ1v) is 4.02. The fourth-order valence-electron chi connectivity index (χ4n) is 1.08. The van der Waals surface area contributed by atoms with Gasteiger partial charge in [0, 0.05) is 21.4 Å². The molecular weight excluding hydrogens is 241 g/mol. The van der Waals surface area contributed by atoms with Crippen molar-refractivity contribution in [3.8, 4) is 5.88 Å². The van der Waals surface area contributed by atoms with E-state index in [1.165, 1.54) is 0 Å². The molecule has 0 amide bonds. The fourth-order valence-corrected chi connectivity index (χ4v) is 1.45. The normalized spacial score (nSPS) is 9.75. The summed E-state index contributed by atoms with van der Waals surface area (Å²) in [7, 11) is 0. The lowest BCUT2D eigenvalue weighted by molar-refractivity contribution is 0.458. The van der Waals surface area contributed by atoms with Crippen LogP contribution in [-0.4, -0.2) is 10.1 Å². The average Bonchev–Trinajstić information content (AvgIpc) is 2.27. The minimum Gasteiger partial charge on any atom is -0.495 e. The second kappa shape index (κ2) is 3.37. The number of aromatic hydroxyl groups is 1. The molecule has 64 valence electrons. The van der Waals surface area contributed by atoms with Gasteiger partial charge in [-0.25, -0.2) is 0 Å². The van der Waals surface area contributed by atoms with Crippen molar-refractivity contribution in [2.75, 3.05) is 0 Å². The van der Waals surface area contributed by atoms with Gasteiger partial charge in [-0.15, -0.1) is 12.4 Å². The molecule has 0 radical (unpaired) electrons. The van der Waals surface area contributed by atoms with Crippen LogP contribution in [0.2, 0.25) is 0 Å². The predicted molar refractivity (Wildman–Crippen MR) is 54.9 cm³/mol. The minimum absolute atomic E-state index is 0. The Morgan fingerprint density at radius 2 is 2.00 bits per heavy atom. The lowest BCUT2D eigenvalue weighted by Gasteiger charge is -1.88. The van der Waals surface area contributed by atoms with Gasteiger partial charge in [0.15, 0.2) is 5.88 Å². The van der Waals surface area contributed by atoms with Crippen molar-refractivity contribution in [2.24, 2.45) is 0 Å². The number of halogens is 2. The van der Waals surface area contributed by atoms with Crippen molar-refractivity contribution >= 4 is 39.2 Å². The van der Waals surface area contributed by atoms with Gasteiger partial charge in [-0.05, 0) is 12.1 Å². The van der Waals surface area contributed by atoms with Gasteiger partial charge in [-0.3, -0.25) is 0 Å². The fraction of sp³-hybridized carbons (Fsp3) is 0. The Hall–Kier alpha value is -0.670. The maximum absolute atomic E-state index is 9.08. The van der Waals surface area contributed by atoms with E-state index in [4.69, 9.17) is 5.11 Å². The van der Waals surface area contributed by atoms with Crippen LogP contribution in [0.15, 0.2) is 28.7 Å². The van der Waals surface area contributed by atoms with Gasteiger partial charge in [0.05, 0.1) is 0 Å². The molecule has 0 fully saturated rings. The molecule has 0 unspecified atom stereocenters.